The van der Waals surface area contributed by atoms with E-state index in [1.165, 1.54) is 24.5 Å². The zero-order valence-corrected chi connectivity index (χ0v) is 16.5. The van der Waals surface area contributed by atoms with Gasteiger partial charge in [-0.2, -0.15) is 13.2 Å². The number of aromatic nitrogens is 2. The summed E-state index contributed by atoms with van der Waals surface area (Å²) in [6.07, 6.45) is -4.58. The van der Waals surface area contributed by atoms with Gasteiger partial charge in [-0.1, -0.05) is 0 Å². The minimum absolute atomic E-state index is 0.150. The molecule has 0 bridgehead atoms. The van der Waals surface area contributed by atoms with Crippen molar-refractivity contribution < 1.29 is 22.7 Å². The summed E-state index contributed by atoms with van der Waals surface area (Å²) in [4.78, 5) is 21.1. The van der Waals surface area contributed by atoms with Crippen LogP contribution in [0.4, 0.5) is 29.5 Å². The Morgan fingerprint density at radius 1 is 1.10 bits per heavy atom. The smallest absolute Gasteiger partial charge is 0.416 e. The second-order valence-electron chi connectivity index (χ2n) is 6.09. The van der Waals surface area contributed by atoms with Gasteiger partial charge in [-0.25, -0.2) is 9.97 Å². The summed E-state index contributed by atoms with van der Waals surface area (Å²) in [7, 11) is 1.46. The molecule has 3 rings (SSSR count). The number of alkyl halides is 3. The lowest BCUT2D eigenvalue weighted by Gasteiger charge is -2.15. The van der Waals surface area contributed by atoms with Crippen LogP contribution in [-0.2, 0) is 6.18 Å². The first kappa shape index (κ1) is 20.6. The van der Waals surface area contributed by atoms with Crippen LogP contribution < -0.4 is 15.4 Å². The van der Waals surface area contributed by atoms with Crippen molar-refractivity contribution in [3.63, 3.8) is 0 Å². The van der Waals surface area contributed by atoms with Gasteiger partial charge in [0.05, 0.1) is 46.5 Å². The molecule has 0 radical (unpaired) electrons. The van der Waals surface area contributed by atoms with E-state index >= 15 is 0 Å². The predicted octanol–water partition coefficient (Wildman–Crippen LogP) is 5.18. The number of rotatable bonds is 5. The van der Waals surface area contributed by atoms with Crippen LogP contribution in [0.2, 0.25) is 0 Å². The molecular formula is C19H17F3N4O2S. The van der Waals surface area contributed by atoms with Crippen molar-refractivity contribution in [2.75, 3.05) is 17.7 Å². The molecule has 1 amide bonds. The van der Waals surface area contributed by atoms with Crippen molar-refractivity contribution in [2.24, 2.45) is 0 Å². The average molecular weight is 422 g/mol. The van der Waals surface area contributed by atoms with Crippen LogP contribution in [0.15, 0.2) is 35.8 Å². The van der Waals surface area contributed by atoms with Crippen LogP contribution in [-0.4, -0.2) is 23.0 Å². The van der Waals surface area contributed by atoms with Crippen LogP contribution in [0.3, 0.4) is 0 Å². The maximum absolute atomic E-state index is 13.2. The molecule has 0 fully saturated rings. The molecular weight excluding hydrogens is 405 g/mol. The first-order valence-electron chi connectivity index (χ1n) is 8.40. The van der Waals surface area contributed by atoms with Gasteiger partial charge in [0, 0.05) is 6.07 Å². The first-order valence-corrected chi connectivity index (χ1v) is 9.28. The number of carbonyl (C=O) groups is 1. The topological polar surface area (TPSA) is 76.1 Å². The number of benzene rings is 1. The maximum Gasteiger partial charge on any atom is 0.416 e. The Morgan fingerprint density at radius 2 is 1.83 bits per heavy atom. The zero-order chi connectivity index (χ0) is 21.2. The van der Waals surface area contributed by atoms with Gasteiger partial charge in [0.15, 0.2) is 0 Å². The fraction of sp³-hybridized carbons (Fsp3) is 0.211. The average Bonchev–Trinajstić information content (AvgIpc) is 3.07. The Bertz CT molecular complexity index is 1050. The second kappa shape index (κ2) is 8.08. The fourth-order valence-electron chi connectivity index (χ4n) is 2.54. The summed E-state index contributed by atoms with van der Waals surface area (Å²) in [6, 6.07) is 6.10. The molecule has 10 heteroatoms. The predicted molar refractivity (Wildman–Crippen MR) is 105 cm³/mol. The third-order valence-electron chi connectivity index (χ3n) is 4.10. The van der Waals surface area contributed by atoms with Crippen molar-refractivity contribution in [2.45, 2.75) is 20.0 Å². The number of carbonyl (C=O) groups excluding carboxylic acids is 1. The molecule has 29 heavy (non-hydrogen) atoms. The zero-order valence-electron chi connectivity index (χ0n) is 15.7. The maximum atomic E-state index is 13.2. The van der Waals surface area contributed by atoms with Crippen molar-refractivity contribution in [3.05, 3.63) is 58.4 Å². The molecule has 0 saturated carbocycles. The normalized spacial score (nSPS) is 11.2. The lowest BCUT2D eigenvalue weighted by Crippen LogP contribution is -2.17. The van der Waals surface area contributed by atoms with Crippen LogP contribution in [0.5, 0.6) is 5.88 Å². The van der Waals surface area contributed by atoms with Crippen LogP contribution in [0, 0.1) is 13.8 Å². The summed E-state index contributed by atoms with van der Waals surface area (Å²) in [5.74, 6) is -0.335. The first-order chi connectivity index (χ1) is 13.7. The van der Waals surface area contributed by atoms with E-state index in [0.717, 1.165) is 12.1 Å². The third-order valence-corrected chi connectivity index (χ3v) is 4.95. The summed E-state index contributed by atoms with van der Waals surface area (Å²) in [5, 5.41) is 6.25. The quantitative estimate of drug-likeness (QED) is 0.593. The lowest BCUT2D eigenvalue weighted by atomic mass is 10.1. The van der Waals surface area contributed by atoms with E-state index < -0.39 is 17.6 Å². The number of ether oxygens (including phenoxy) is 1. The molecule has 6 nitrogen and oxygen atoms in total. The van der Waals surface area contributed by atoms with E-state index in [-0.39, 0.29) is 11.3 Å². The van der Waals surface area contributed by atoms with Gasteiger partial charge in [0.2, 0.25) is 5.88 Å². The van der Waals surface area contributed by atoms with E-state index in [4.69, 9.17) is 4.74 Å². The van der Waals surface area contributed by atoms with E-state index in [2.05, 4.69) is 20.6 Å². The number of hydrogen-bond donors (Lipinski definition) is 2. The van der Waals surface area contributed by atoms with Crippen LogP contribution >= 0.6 is 11.3 Å². The fourth-order valence-corrected chi connectivity index (χ4v) is 3.24. The number of nitrogens with zero attached hydrogens (tertiary/aromatic N) is 2. The van der Waals surface area contributed by atoms with Gasteiger partial charge in [0.25, 0.3) is 5.91 Å². The van der Waals surface area contributed by atoms with Gasteiger partial charge in [0.1, 0.15) is 5.00 Å². The van der Waals surface area contributed by atoms with Gasteiger partial charge in [-0.3, -0.25) is 4.79 Å². The number of halogens is 3. The Kier molecular flexibility index (Phi) is 5.73. The highest BCUT2D eigenvalue weighted by molar-refractivity contribution is 7.14. The third kappa shape index (κ3) is 4.65. The second-order valence-corrected chi connectivity index (χ2v) is 6.95. The number of methoxy groups -OCH3 is 1. The molecule has 0 atom stereocenters. The molecule has 2 N–H and O–H groups in total. The minimum Gasteiger partial charge on any atom is -0.481 e. The monoisotopic (exact) mass is 422 g/mol. The molecule has 3 aromatic rings. The number of anilines is 3. The number of nitrogens with one attached hydrogen (secondary N) is 2. The van der Waals surface area contributed by atoms with Crippen molar-refractivity contribution in [1.82, 2.24) is 9.97 Å². The van der Waals surface area contributed by atoms with Gasteiger partial charge in [-0.15, -0.1) is 11.3 Å². The molecule has 152 valence electrons. The molecule has 2 aromatic heterocycles. The Balaban J connectivity index is 1.98. The van der Waals surface area contributed by atoms with Crippen LogP contribution in [0.25, 0.3) is 0 Å². The SMILES string of the molecule is COc1ccc(NC(=O)c2cc(C(F)(F)F)ccc2Nc2scnc2C)c(C)n1. The van der Waals surface area contributed by atoms with Crippen molar-refractivity contribution >= 4 is 33.6 Å². The molecule has 0 saturated heterocycles. The van der Waals surface area contributed by atoms with Gasteiger partial charge < -0.3 is 15.4 Å². The molecule has 2 heterocycles. The summed E-state index contributed by atoms with van der Waals surface area (Å²) in [5.41, 5.74) is 2.29. The number of hydrogen-bond acceptors (Lipinski definition) is 6. The van der Waals surface area contributed by atoms with E-state index in [0.29, 0.717) is 28.0 Å². The molecule has 0 spiro atoms. The molecule has 0 unspecified atom stereocenters. The highest BCUT2D eigenvalue weighted by Crippen LogP contribution is 2.34. The standard InChI is InChI=1S/C19H17F3N4O2S/c1-10-14(6-7-16(24-10)28-3)25-17(27)13-8-12(19(20,21)22)4-5-15(13)26-18-11(2)23-9-29-18/h4-9,26H,1-3H3,(H,25,27). The van der Waals surface area contributed by atoms with Crippen LogP contribution in [0.1, 0.15) is 27.3 Å². The van der Waals surface area contributed by atoms with E-state index in [9.17, 15) is 18.0 Å². The summed E-state index contributed by atoms with van der Waals surface area (Å²) < 4.78 is 44.6. The summed E-state index contributed by atoms with van der Waals surface area (Å²) in [6.45, 7) is 3.42. The Labute approximate surface area is 168 Å². The molecule has 0 aliphatic carbocycles. The Morgan fingerprint density at radius 3 is 2.41 bits per heavy atom. The number of pyridine rings is 1. The van der Waals surface area contributed by atoms with E-state index in [1.54, 1.807) is 31.5 Å². The summed E-state index contributed by atoms with van der Waals surface area (Å²) >= 11 is 1.29. The molecule has 0 aliphatic rings. The number of amides is 1. The number of aryl methyl sites for hydroxylation is 2. The highest BCUT2D eigenvalue weighted by Gasteiger charge is 2.32. The molecule has 1 aromatic carbocycles. The molecule has 0 aliphatic heterocycles. The largest absolute Gasteiger partial charge is 0.481 e. The lowest BCUT2D eigenvalue weighted by molar-refractivity contribution is -0.137. The minimum atomic E-state index is -4.58. The van der Waals surface area contributed by atoms with Crippen molar-refractivity contribution in [3.8, 4) is 5.88 Å². The Hall–Kier alpha value is -3.14. The van der Waals surface area contributed by atoms with Crippen molar-refractivity contribution in [1.29, 1.82) is 0 Å². The van der Waals surface area contributed by atoms with Gasteiger partial charge >= 0.3 is 6.18 Å². The van der Waals surface area contributed by atoms with Gasteiger partial charge in [-0.05, 0) is 38.1 Å². The van der Waals surface area contributed by atoms with E-state index in [1.807, 2.05) is 0 Å². The number of thiazole rings is 1. The highest BCUT2D eigenvalue weighted by atomic mass is 32.1.